The van der Waals surface area contributed by atoms with E-state index >= 15 is 0 Å². The molecule has 0 radical (unpaired) electrons. The smallest absolute Gasteiger partial charge is 0.350 e. The first kappa shape index (κ1) is 9.85. The molecular weight excluding hydrogens is 216 g/mol. The lowest BCUT2D eigenvalue weighted by molar-refractivity contribution is 0.0534. The van der Waals surface area contributed by atoms with Gasteiger partial charge in [0.15, 0.2) is 0 Å². The van der Waals surface area contributed by atoms with Gasteiger partial charge in [0, 0.05) is 11.6 Å². The summed E-state index contributed by atoms with van der Waals surface area (Å²) in [5.74, 6) is -0.435. The van der Waals surface area contributed by atoms with E-state index in [-0.39, 0.29) is 11.1 Å². The van der Waals surface area contributed by atoms with E-state index < -0.39 is 5.97 Å². The number of nitrogens with zero attached hydrogens (tertiary/aromatic N) is 1. The van der Waals surface area contributed by atoms with Gasteiger partial charge >= 0.3 is 5.97 Å². The zero-order valence-corrected chi connectivity index (χ0v) is 8.76. The predicted octanol–water partition coefficient (Wildman–Crippen LogP) is 1.16. The van der Waals surface area contributed by atoms with E-state index in [0.29, 0.717) is 16.9 Å². The normalized spacial score (nSPS) is 10.5. The van der Waals surface area contributed by atoms with E-state index in [2.05, 4.69) is 9.36 Å². The highest BCUT2D eigenvalue weighted by Gasteiger charge is 2.16. The van der Waals surface area contributed by atoms with Crippen LogP contribution >= 0.6 is 11.5 Å². The maximum absolute atomic E-state index is 11.5. The van der Waals surface area contributed by atoms with Crippen LogP contribution in [0.1, 0.15) is 16.6 Å². The van der Waals surface area contributed by atoms with Crippen molar-refractivity contribution in [2.45, 2.75) is 6.92 Å². The molecule has 0 saturated carbocycles. The van der Waals surface area contributed by atoms with E-state index in [4.69, 9.17) is 4.74 Å². The van der Waals surface area contributed by atoms with Crippen LogP contribution in [0.2, 0.25) is 0 Å². The van der Waals surface area contributed by atoms with Gasteiger partial charge in [0.05, 0.1) is 6.61 Å². The molecule has 0 amide bonds. The van der Waals surface area contributed by atoms with Gasteiger partial charge < -0.3 is 9.72 Å². The number of H-pyrrole nitrogens is 1. The average molecular weight is 224 g/mol. The Balaban J connectivity index is 2.59. The third-order valence-electron chi connectivity index (χ3n) is 1.87. The van der Waals surface area contributed by atoms with Gasteiger partial charge in [-0.2, -0.15) is 4.37 Å². The van der Waals surface area contributed by atoms with E-state index in [9.17, 15) is 9.59 Å². The molecule has 0 aliphatic carbocycles. The fourth-order valence-electron chi connectivity index (χ4n) is 1.23. The summed E-state index contributed by atoms with van der Waals surface area (Å²) in [6, 6.07) is 1.65. The second-order valence-corrected chi connectivity index (χ2v) is 3.57. The lowest BCUT2D eigenvalue weighted by Crippen LogP contribution is -2.06. The van der Waals surface area contributed by atoms with Gasteiger partial charge in [-0.1, -0.05) is 0 Å². The van der Waals surface area contributed by atoms with Crippen molar-refractivity contribution in [3.8, 4) is 0 Å². The van der Waals surface area contributed by atoms with Crippen LogP contribution in [-0.4, -0.2) is 21.9 Å². The molecule has 0 saturated heterocycles. The molecule has 0 bridgehead atoms. The Morgan fingerprint density at radius 1 is 1.67 bits per heavy atom. The third-order valence-corrected chi connectivity index (χ3v) is 2.71. The van der Waals surface area contributed by atoms with Gasteiger partial charge in [-0.15, -0.1) is 0 Å². The highest BCUT2D eigenvalue weighted by Crippen LogP contribution is 2.19. The SMILES string of the molecule is CCOC(=O)c1snc2c(=O)[nH]ccc12. The highest BCUT2D eigenvalue weighted by molar-refractivity contribution is 7.09. The minimum Gasteiger partial charge on any atom is -0.462 e. The molecule has 5 nitrogen and oxygen atoms in total. The Hall–Kier alpha value is -1.69. The first-order valence-electron chi connectivity index (χ1n) is 4.38. The summed E-state index contributed by atoms with van der Waals surface area (Å²) in [5, 5.41) is 0.544. The number of hydrogen-bond donors (Lipinski definition) is 1. The Bertz CT molecular complexity index is 558. The quantitative estimate of drug-likeness (QED) is 0.777. The lowest BCUT2D eigenvalue weighted by Gasteiger charge is -1.97. The second-order valence-electron chi connectivity index (χ2n) is 2.80. The predicted molar refractivity (Wildman–Crippen MR) is 56.2 cm³/mol. The number of rotatable bonds is 2. The van der Waals surface area contributed by atoms with Crippen LogP contribution in [0.25, 0.3) is 10.9 Å². The third kappa shape index (κ3) is 1.63. The van der Waals surface area contributed by atoms with Crippen molar-refractivity contribution < 1.29 is 9.53 Å². The average Bonchev–Trinajstić information content (AvgIpc) is 2.63. The summed E-state index contributed by atoms with van der Waals surface area (Å²) in [7, 11) is 0. The van der Waals surface area contributed by atoms with E-state index in [1.807, 2.05) is 0 Å². The molecule has 78 valence electrons. The molecular formula is C9H8N2O3S. The number of carbonyl (C=O) groups excluding carboxylic acids is 1. The molecule has 1 N–H and O–H groups in total. The molecule has 6 heteroatoms. The summed E-state index contributed by atoms with van der Waals surface area (Å²) in [6.07, 6.45) is 1.49. The summed E-state index contributed by atoms with van der Waals surface area (Å²) in [6.45, 7) is 2.04. The molecule has 2 aromatic rings. The first-order valence-corrected chi connectivity index (χ1v) is 5.15. The number of ether oxygens (including phenoxy) is 1. The van der Waals surface area contributed by atoms with Crippen molar-refractivity contribution >= 4 is 28.4 Å². The maximum Gasteiger partial charge on any atom is 0.350 e. The van der Waals surface area contributed by atoms with E-state index in [1.165, 1.54) is 6.20 Å². The lowest BCUT2D eigenvalue weighted by atomic mass is 10.3. The zero-order chi connectivity index (χ0) is 10.8. The largest absolute Gasteiger partial charge is 0.462 e. The van der Waals surface area contributed by atoms with Gasteiger partial charge in [-0.05, 0) is 24.5 Å². The molecule has 0 spiro atoms. The van der Waals surface area contributed by atoms with Gasteiger partial charge in [-0.3, -0.25) is 4.79 Å². The molecule has 2 aromatic heterocycles. The molecule has 15 heavy (non-hydrogen) atoms. The van der Waals surface area contributed by atoms with Crippen molar-refractivity contribution in [1.82, 2.24) is 9.36 Å². The van der Waals surface area contributed by atoms with Gasteiger partial charge in [-0.25, -0.2) is 4.79 Å². The maximum atomic E-state index is 11.5. The number of hydrogen-bond acceptors (Lipinski definition) is 5. The number of pyridine rings is 1. The molecule has 0 atom stereocenters. The van der Waals surface area contributed by atoms with Crippen LogP contribution in [-0.2, 0) is 4.74 Å². The molecule has 0 fully saturated rings. The number of fused-ring (bicyclic) bond motifs is 1. The fourth-order valence-corrected chi connectivity index (χ4v) is 1.99. The Morgan fingerprint density at radius 2 is 2.47 bits per heavy atom. The first-order chi connectivity index (χ1) is 7.24. The van der Waals surface area contributed by atoms with Gasteiger partial charge in [0.2, 0.25) is 0 Å². The van der Waals surface area contributed by atoms with Crippen LogP contribution in [0, 0.1) is 0 Å². The Kier molecular flexibility index (Phi) is 2.51. The van der Waals surface area contributed by atoms with Crippen molar-refractivity contribution in [3.05, 3.63) is 27.5 Å². The summed E-state index contributed by atoms with van der Waals surface area (Å²) < 4.78 is 8.77. The zero-order valence-electron chi connectivity index (χ0n) is 7.94. The van der Waals surface area contributed by atoms with Crippen molar-refractivity contribution in [3.63, 3.8) is 0 Å². The van der Waals surface area contributed by atoms with Crippen LogP contribution < -0.4 is 5.56 Å². The molecule has 2 rings (SSSR count). The fraction of sp³-hybridized carbons (Fsp3) is 0.222. The summed E-state index contributed by atoms with van der Waals surface area (Å²) >= 11 is 0.981. The minimum absolute atomic E-state index is 0.283. The summed E-state index contributed by atoms with van der Waals surface area (Å²) in [5.41, 5.74) is -0.00940. The molecule has 0 unspecified atom stereocenters. The number of nitrogens with one attached hydrogen (secondary N) is 1. The number of aromatic amines is 1. The van der Waals surface area contributed by atoms with Crippen molar-refractivity contribution in [1.29, 1.82) is 0 Å². The number of esters is 1. The van der Waals surface area contributed by atoms with E-state index in [0.717, 1.165) is 11.5 Å². The van der Waals surface area contributed by atoms with Crippen LogP contribution in [0.15, 0.2) is 17.1 Å². The van der Waals surface area contributed by atoms with Crippen molar-refractivity contribution in [2.75, 3.05) is 6.61 Å². The Morgan fingerprint density at radius 3 is 3.20 bits per heavy atom. The van der Waals surface area contributed by atoms with Crippen LogP contribution in [0.3, 0.4) is 0 Å². The van der Waals surface area contributed by atoms with Gasteiger partial charge in [0.1, 0.15) is 10.4 Å². The topological polar surface area (TPSA) is 72.0 Å². The minimum atomic E-state index is -0.435. The second kappa shape index (κ2) is 3.82. The van der Waals surface area contributed by atoms with Gasteiger partial charge in [0.25, 0.3) is 5.56 Å². The summed E-state index contributed by atoms with van der Waals surface area (Å²) in [4.78, 5) is 25.6. The molecule has 0 aromatic carbocycles. The number of carbonyl (C=O) groups is 1. The highest BCUT2D eigenvalue weighted by atomic mass is 32.1. The standard InChI is InChI=1S/C9H8N2O3S/c1-2-14-9(13)7-5-3-4-10-8(12)6(5)11-15-7/h3-4H,2H2,1H3,(H,10,12). The van der Waals surface area contributed by atoms with Crippen LogP contribution in [0.4, 0.5) is 0 Å². The van der Waals surface area contributed by atoms with Crippen molar-refractivity contribution in [2.24, 2.45) is 0 Å². The van der Waals surface area contributed by atoms with Crippen LogP contribution in [0.5, 0.6) is 0 Å². The molecule has 0 aliphatic heterocycles. The Labute approximate surface area is 88.9 Å². The molecule has 2 heterocycles. The monoisotopic (exact) mass is 224 g/mol. The van der Waals surface area contributed by atoms with E-state index in [1.54, 1.807) is 13.0 Å². The number of aromatic nitrogens is 2. The molecule has 0 aliphatic rings.